The van der Waals surface area contributed by atoms with E-state index in [1.165, 1.54) is 22.2 Å². The Kier molecular flexibility index (Phi) is 5.44. The summed E-state index contributed by atoms with van der Waals surface area (Å²) < 4.78 is 1.53. The van der Waals surface area contributed by atoms with Crippen molar-refractivity contribution in [2.75, 3.05) is 0 Å². The molecule has 0 spiro atoms. The van der Waals surface area contributed by atoms with E-state index in [-0.39, 0.29) is 17.5 Å². The summed E-state index contributed by atoms with van der Waals surface area (Å²) in [6.07, 6.45) is 2.36. The minimum absolute atomic E-state index is 0.0805. The van der Waals surface area contributed by atoms with Gasteiger partial charge in [0.05, 0.1) is 23.1 Å². The number of hydrogen-bond donors (Lipinski definition) is 1. The van der Waals surface area contributed by atoms with E-state index in [2.05, 4.69) is 10.3 Å². The molecule has 0 bridgehead atoms. The van der Waals surface area contributed by atoms with Crippen molar-refractivity contribution in [1.29, 1.82) is 0 Å². The molecule has 7 heteroatoms. The molecule has 0 aliphatic rings. The lowest BCUT2D eigenvalue weighted by molar-refractivity contribution is 0.0943. The van der Waals surface area contributed by atoms with Gasteiger partial charge in [0.1, 0.15) is 4.83 Å². The first kappa shape index (κ1) is 18.6. The van der Waals surface area contributed by atoms with Gasteiger partial charge in [-0.25, -0.2) is 4.98 Å². The van der Waals surface area contributed by atoms with Crippen LogP contribution in [-0.4, -0.2) is 21.5 Å². The van der Waals surface area contributed by atoms with Crippen molar-refractivity contribution in [3.05, 3.63) is 62.0 Å². The minimum Gasteiger partial charge on any atom is -0.349 e. The zero-order valence-electron chi connectivity index (χ0n) is 14.9. The SMILES string of the molecule is CCC(C)NC(=O)c1sc2ncn(Cc3ccccc3Cl)c(=O)c2c1C. The first-order valence-electron chi connectivity index (χ1n) is 8.45. The normalized spacial score (nSPS) is 12.3. The summed E-state index contributed by atoms with van der Waals surface area (Å²) in [5, 5.41) is 4.05. The molecule has 136 valence electrons. The molecular formula is C19H20ClN3O2S. The monoisotopic (exact) mass is 389 g/mol. The standard InChI is InChI=1S/C19H20ClN3O2S/c1-4-11(2)22-17(24)16-12(3)15-18(26-16)21-10-23(19(15)25)9-13-7-5-6-8-14(13)20/h5-8,10-11H,4,9H2,1-3H3,(H,22,24). The van der Waals surface area contributed by atoms with Crippen molar-refractivity contribution in [2.45, 2.75) is 39.8 Å². The maximum absolute atomic E-state index is 12.9. The molecule has 0 saturated heterocycles. The summed E-state index contributed by atoms with van der Waals surface area (Å²) >= 11 is 7.45. The molecule has 5 nitrogen and oxygen atoms in total. The molecule has 0 radical (unpaired) electrons. The number of nitrogens with one attached hydrogen (secondary N) is 1. The van der Waals surface area contributed by atoms with Crippen LogP contribution < -0.4 is 10.9 Å². The zero-order valence-corrected chi connectivity index (χ0v) is 16.4. The number of carbonyl (C=O) groups excluding carboxylic acids is 1. The molecule has 0 aliphatic heterocycles. The summed E-state index contributed by atoms with van der Waals surface area (Å²) in [6.45, 7) is 6.10. The van der Waals surface area contributed by atoms with Crippen LogP contribution in [0.4, 0.5) is 0 Å². The molecule has 0 fully saturated rings. The van der Waals surface area contributed by atoms with E-state index in [9.17, 15) is 9.59 Å². The largest absolute Gasteiger partial charge is 0.349 e. The van der Waals surface area contributed by atoms with Crippen LogP contribution in [0.3, 0.4) is 0 Å². The Hall–Kier alpha value is -2.18. The Morgan fingerprint density at radius 3 is 2.81 bits per heavy atom. The van der Waals surface area contributed by atoms with Crippen LogP contribution in [0.15, 0.2) is 35.4 Å². The number of nitrogens with zero attached hydrogens (tertiary/aromatic N) is 2. The number of fused-ring (bicyclic) bond motifs is 1. The molecule has 0 saturated carbocycles. The van der Waals surface area contributed by atoms with Crippen LogP contribution >= 0.6 is 22.9 Å². The summed E-state index contributed by atoms with van der Waals surface area (Å²) in [6, 6.07) is 7.48. The second kappa shape index (κ2) is 7.60. The lowest BCUT2D eigenvalue weighted by Gasteiger charge is -2.10. The number of thiophene rings is 1. The van der Waals surface area contributed by atoms with Gasteiger partial charge in [0.15, 0.2) is 0 Å². The maximum Gasteiger partial charge on any atom is 0.262 e. The lowest BCUT2D eigenvalue weighted by atomic mass is 10.2. The number of halogens is 1. The van der Waals surface area contributed by atoms with E-state index in [0.717, 1.165) is 12.0 Å². The van der Waals surface area contributed by atoms with E-state index in [4.69, 9.17) is 11.6 Å². The fourth-order valence-corrected chi connectivity index (χ4v) is 3.93. The summed E-state index contributed by atoms with van der Waals surface area (Å²) in [4.78, 5) is 30.9. The molecule has 3 rings (SSSR count). The number of aryl methyl sites for hydroxylation is 1. The number of aromatic nitrogens is 2. The average Bonchev–Trinajstić information content (AvgIpc) is 2.96. The van der Waals surface area contributed by atoms with Crippen molar-refractivity contribution in [1.82, 2.24) is 14.9 Å². The zero-order chi connectivity index (χ0) is 18.8. The Balaban J connectivity index is 2.02. The molecule has 1 N–H and O–H groups in total. The van der Waals surface area contributed by atoms with Gasteiger partial charge in [-0.2, -0.15) is 0 Å². The highest BCUT2D eigenvalue weighted by Crippen LogP contribution is 2.27. The van der Waals surface area contributed by atoms with Crippen LogP contribution in [-0.2, 0) is 6.54 Å². The van der Waals surface area contributed by atoms with Crippen LogP contribution in [0.1, 0.15) is 41.1 Å². The van der Waals surface area contributed by atoms with Gasteiger partial charge in [-0.15, -0.1) is 11.3 Å². The minimum atomic E-state index is -0.161. The van der Waals surface area contributed by atoms with Gasteiger partial charge in [-0.05, 0) is 37.5 Å². The highest BCUT2D eigenvalue weighted by molar-refractivity contribution is 7.20. The van der Waals surface area contributed by atoms with Crippen LogP contribution in [0, 0.1) is 6.92 Å². The fraction of sp³-hybridized carbons (Fsp3) is 0.316. The van der Waals surface area contributed by atoms with Crippen LogP contribution in [0.2, 0.25) is 5.02 Å². The first-order chi connectivity index (χ1) is 12.4. The third kappa shape index (κ3) is 3.52. The Morgan fingerprint density at radius 2 is 2.12 bits per heavy atom. The van der Waals surface area contributed by atoms with Crippen LogP contribution in [0.25, 0.3) is 10.2 Å². The molecule has 1 aromatic carbocycles. The van der Waals surface area contributed by atoms with Gasteiger partial charge >= 0.3 is 0 Å². The van der Waals surface area contributed by atoms with Gasteiger partial charge in [0, 0.05) is 11.1 Å². The van der Waals surface area contributed by atoms with Crippen molar-refractivity contribution in [3.8, 4) is 0 Å². The van der Waals surface area contributed by atoms with Gasteiger partial charge in [0.2, 0.25) is 0 Å². The average molecular weight is 390 g/mol. The molecule has 1 atom stereocenters. The number of benzene rings is 1. The molecule has 1 amide bonds. The maximum atomic E-state index is 12.9. The van der Waals surface area contributed by atoms with Gasteiger partial charge in [0.25, 0.3) is 11.5 Å². The number of amides is 1. The molecule has 2 aromatic heterocycles. The molecular weight excluding hydrogens is 370 g/mol. The number of carbonyl (C=O) groups is 1. The summed E-state index contributed by atoms with van der Waals surface area (Å²) in [5.74, 6) is -0.156. The van der Waals surface area contributed by atoms with Crippen molar-refractivity contribution in [3.63, 3.8) is 0 Å². The molecule has 26 heavy (non-hydrogen) atoms. The van der Waals surface area contributed by atoms with E-state index < -0.39 is 0 Å². The number of rotatable bonds is 5. The Morgan fingerprint density at radius 1 is 1.38 bits per heavy atom. The highest BCUT2D eigenvalue weighted by Gasteiger charge is 2.20. The van der Waals surface area contributed by atoms with E-state index in [0.29, 0.717) is 32.2 Å². The summed E-state index contributed by atoms with van der Waals surface area (Å²) in [7, 11) is 0. The van der Waals surface area contributed by atoms with Gasteiger partial charge in [-0.1, -0.05) is 36.7 Å². The van der Waals surface area contributed by atoms with Crippen LogP contribution in [0.5, 0.6) is 0 Å². The first-order valence-corrected chi connectivity index (χ1v) is 9.64. The Bertz CT molecular complexity index is 1030. The molecule has 1 unspecified atom stereocenters. The quantitative estimate of drug-likeness (QED) is 0.717. The van der Waals surface area contributed by atoms with Gasteiger partial charge in [-0.3, -0.25) is 14.2 Å². The second-order valence-electron chi connectivity index (χ2n) is 6.29. The second-order valence-corrected chi connectivity index (χ2v) is 7.69. The fourth-order valence-electron chi connectivity index (χ4n) is 2.69. The smallest absolute Gasteiger partial charge is 0.262 e. The predicted octanol–water partition coefficient (Wildman–Crippen LogP) is 4.00. The van der Waals surface area contributed by atoms with Crippen molar-refractivity contribution >= 4 is 39.1 Å². The predicted molar refractivity (Wildman–Crippen MR) is 106 cm³/mol. The third-order valence-electron chi connectivity index (χ3n) is 4.41. The van der Waals surface area contributed by atoms with E-state index in [1.54, 1.807) is 13.0 Å². The van der Waals surface area contributed by atoms with E-state index >= 15 is 0 Å². The van der Waals surface area contributed by atoms with Gasteiger partial charge < -0.3 is 5.32 Å². The van der Waals surface area contributed by atoms with Crippen molar-refractivity contribution < 1.29 is 4.79 Å². The topological polar surface area (TPSA) is 64.0 Å². The summed E-state index contributed by atoms with van der Waals surface area (Å²) in [5.41, 5.74) is 1.36. The molecule has 0 aliphatic carbocycles. The molecule has 3 aromatic rings. The third-order valence-corrected chi connectivity index (χ3v) is 5.98. The Labute approximate surface area is 160 Å². The van der Waals surface area contributed by atoms with Crippen molar-refractivity contribution in [2.24, 2.45) is 0 Å². The molecule has 2 heterocycles. The number of hydrogen-bond acceptors (Lipinski definition) is 4. The highest BCUT2D eigenvalue weighted by atomic mass is 35.5. The lowest BCUT2D eigenvalue weighted by Crippen LogP contribution is -2.31. The van der Waals surface area contributed by atoms with E-state index in [1.807, 2.05) is 32.0 Å².